The van der Waals surface area contributed by atoms with Crippen molar-refractivity contribution >= 4 is 11.9 Å². The second-order valence-electron chi connectivity index (χ2n) is 7.40. The van der Waals surface area contributed by atoms with Crippen molar-refractivity contribution in [1.29, 1.82) is 0 Å². The molecule has 14 heteroatoms. The Morgan fingerprint density at radius 2 is 1.89 bits per heavy atom. The van der Waals surface area contributed by atoms with Gasteiger partial charge in [0.2, 0.25) is 17.5 Å². The van der Waals surface area contributed by atoms with Crippen molar-refractivity contribution in [3.8, 4) is 28.4 Å². The molecule has 0 fully saturated rings. The van der Waals surface area contributed by atoms with E-state index in [1.54, 1.807) is 13.0 Å². The molecule has 3 amide bonds. The quantitative estimate of drug-likeness (QED) is 0.339. The summed E-state index contributed by atoms with van der Waals surface area (Å²) in [5.74, 6) is -2.01. The number of nitrogens with one attached hydrogen (secondary N) is 3. The molecule has 186 valence electrons. The van der Waals surface area contributed by atoms with Crippen molar-refractivity contribution in [3.05, 3.63) is 65.5 Å². The fourth-order valence-corrected chi connectivity index (χ4v) is 3.25. The number of benzene rings is 1. The number of urea groups is 1. The molecule has 1 unspecified atom stereocenters. The van der Waals surface area contributed by atoms with Crippen LogP contribution in [0.4, 0.5) is 13.6 Å². The van der Waals surface area contributed by atoms with E-state index in [4.69, 9.17) is 13.8 Å². The third-order valence-electron chi connectivity index (χ3n) is 4.91. The monoisotopic (exact) mass is 499 g/mol. The van der Waals surface area contributed by atoms with Crippen LogP contribution in [-0.2, 0) is 0 Å². The van der Waals surface area contributed by atoms with Gasteiger partial charge in [0.1, 0.15) is 11.6 Å². The first-order valence-corrected chi connectivity index (χ1v) is 10.4. The second kappa shape index (κ2) is 10.2. The van der Waals surface area contributed by atoms with Crippen molar-refractivity contribution in [3.63, 3.8) is 0 Å². The Hall–Kier alpha value is -4.88. The molecule has 12 nitrogen and oxygen atoms in total. The van der Waals surface area contributed by atoms with E-state index in [1.807, 2.05) is 0 Å². The molecule has 0 saturated heterocycles. The Balaban J connectivity index is 1.45. The average Bonchev–Trinajstić information content (AvgIpc) is 3.51. The number of hydrogen-bond acceptors (Lipinski definition) is 9. The number of ether oxygens (including phenoxy) is 1. The highest BCUT2D eigenvalue weighted by Crippen LogP contribution is 2.33. The molecule has 3 N–H and O–H groups in total. The van der Waals surface area contributed by atoms with Gasteiger partial charge in [-0.05, 0) is 29.8 Å². The number of aromatic nitrogens is 4. The van der Waals surface area contributed by atoms with Crippen LogP contribution in [0.5, 0.6) is 5.88 Å². The summed E-state index contributed by atoms with van der Waals surface area (Å²) in [5, 5.41) is 9.66. The van der Waals surface area contributed by atoms with Gasteiger partial charge in [0.25, 0.3) is 5.88 Å². The predicted molar refractivity (Wildman–Crippen MR) is 118 cm³/mol. The standard InChI is InChI=1S/C22H19F2N7O5/c1-10(26-22(33)29-28-21(32)16-8-17(34-3)30-36-16)19-15(24)7-12(9-25-19)13-5-4-6-14(23)18(13)20-27-11(2)35-31-20/h4-10H,1-3H3,(H,28,32)(H2,26,29,33). The molecule has 0 saturated carbocycles. The number of rotatable bonds is 6. The lowest BCUT2D eigenvalue weighted by Gasteiger charge is -2.16. The maximum atomic E-state index is 15.0. The molecule has 4 aromatic rings. The van der Waals surface area contributed by atoms with Gasteiger partial charge < -0.3 is 19.1 Å². The van der Waals surface area contributed by atoms with Gasteiger partial charge in [-0.2, -0.15) is 4.98 Å². The smallest absolute Gasteiger partial charge is 0.334 e. The number of nitrogens with zero attached hydrogens (tertiary/aromatic N) is 4. The van der Waals surface area contributed by atoms with Crippen LogP contribution in [0.3, 0.4) is 0 Å². The number of halogens is 2. The zero-order valence-electron chi connectivity index (χ0n) is 19.1. The van der Waals surface area contributed by atoms with Gasteiger partial charge in [-0.15, -0.1) is 0 Å². The molecule has 3 heterocycles. The van der Waals surface area contributed by atoms with Gasteiger partial charge in [0, 0.05) is 18.7 Å². The zero-order chi connectivity index (χ0) is 25.8. The highest BCUT2D eigenvalue weighted by Gasteiger charge is 2.21. The van der Waals surface area contributed by atoms with Crippen LogP contribution >= 0.6 is 0 Å². The van der Waals surface area contributed by atoms with Crippen LogP contribution in [-0.4, -0.2) is 39.3 Å². The number of carbonyl (C=O) groups excluding carboxylic acids is 2. The molecule has 4 rings (SSSR count). The molecular weight excluding hydrogens is 480 g/mol. The summed E-state index contributed by atoms with van der Waals surface area (Å²) in [6, 6.07) is 4.91. The molecule has 0 aliphatic heterocycles. The number of pyridine rings is 1. The lowest BCUT2D eigenvalue weighted by atomic mass is 9.99. The summed E-state index contributed by atoms with van der Waals surface area (Å²) in [4.78, 5) is 32.3. The van der Waals surface area contributed by atoms with Crippen molar-refractivity contribution < 1.29 is 32.2 Å². The van der Waals surface area contributed by atoms with Crippen molar-refractivity contribution in [2.24, 2.45) is 0 Å². The highest BCUT2D eigenvalue weighted by atomic mass is 19.1. The molecule has 0 aliphatic carbocycles. The maximum Gasteiger partial charge on any atom is 0.334 e. The van der Waals surface area contributed by atoms with Crippen molar-refractivity contribution in [1.82, 2.24) is 36.4 Å². The van der Waals surface area contributed by atoms with Crippen molar-refractivity contribution in [2.45, 2.75) is 19.9 Å². The Bertz CT molecular complexity index is 1420. The summed E-state index contributed by atoms with van der Waals surface area (Å²) in [5.41, 5.74) is 4.73. The van der Waals surface area contributed by atoms with E-state index in [0.29, 0.717) is 5.56 Å². The Morgan fingerprint density at radius 3 is 2.56 bits per heavy atom. The van der Waals surface area contributed by atoms with E-state index in [0.717, 1.165) is 6.07 Å². The van der Waals surface area contributed by atoms with Crippen LogP contribution < -0.4 is 20.9 Å². The Labute approximate surface area is 202 Å². The molecule has 0 radical (unpaired) electrons. The van der Waals surface area contributed by atoms with E-state index in [9.17, 15) is 18.4 Å². The molecule has 1 aromatic carbocycles. The van der Waals surface area contributed by atoms with Crippen LogP contribution in [0.1, 0.15) is 35.1 Å². The third kappa shape index (κ3) is 5.11. The first kappa shape index (κ1) is 24.3. The SMILES string of the molecule is COc1cc(C(=O)NNC(=O)NC(C)c2ncc(-c3cccc(F)c3-c3noc(C)n3)cc2F)on1. The highest BCUT2D eigenvalue weighted by molar-refractivity contribution is 5.92. The van der Waals surface area contributed by atoms with Gasteiger partial charge in [-0.25, -0.2) is 19.0 Å². The average molecular weight is 499 g/mol. The number of methoxy groups -OCH3 is 1. The van der Waals surface area contributed by atoms with E-state index < -0.39 is 29.6 Å². The van der Waals surface area contributed by atoms with Gasteiger partial charge in [0.15, 0.2) is 0 Å². The fraction of sp³-hybridized carbons (Fsp3) is 0.182. The van der Waals surface area contributed by atoms with E-state index in [-0.39, 0.29) is 40.2 Å². The molecule has 36 heavy (non-hydrogen) atoms. The number of aryl methyl sites for hydroxylation is 1. The van der Waals surface area contributed by atoms with Gasteiger partial charge in [0.05, 0.1) is 30.5 Å². The van der Waals surface area contributed by atoms with Crippen LogP contribution in [0.15, 0.2) is 45.6 Å². The van der Waals surface area contributed by atoms with E-state index >= 15 is 0 Å². The number of hydrogen-bond donors (Lipinski definition) is 3. The number of carbonyl (C=O) groups is 2. The largest absolute Gasteiger partial charge is 0.479 e. The predicted octanol–water partition coefficient (Wildman–Crippen LogP) is 3.09. The summed E-state index contributed by atoms with van der Waals surface area (Å²) in [6.07, 6.45) is 1.33. The minimum absolute atomic E-state index is 0.0163. The lowest BCUT2D eigenvalue weighted by Crippen LogP contribution is -2.47. The first-order valence-electron chi connectivity index (χ1n) is 10.4. The maximum absolute atomic E-state index is 15.0. The molecule has 0 bridgehead atoms. The minimum atomic E-state index is -0.895. The van der Waals surface area contributed by atoms with E-state index in [2.05, 4.69) is 36.4 Å². The first-order chi connectivity index (χ1) is 17.3. The van der Waals surface area contributed by atoms with Crippen molar-refractivity contribution in [2.75, 3.05) is 7.11 Å². The van der Waals surface area contributed by atoms with Crippen LogP contribution in [0.2, 0.25) is 0 Å². The summed E-state index contributed by atoms with van der Waals surface area (Å²) < 4.78 is 44.1. The minimum Gasteiger partial charge on any atom is -0.479 e. The molecule has 3 aromatic heterocycles. The Morgan fingerprint density at radius 1 is 1.08 bits per heavy atom. The third-order valence-corrected chi connectivity index (χ3v) is 4.91. The summed E-state index contributed by atoms with van der Waals surface area (Å²) >= 11 is 0. The second-order valence-corrected chi connectivity index (χ2v) is 7.40. The molecule has 1 atom stereocenters. The number of hydrazine groups is 1. The van der Waals surface area contributed by atoms with Crippen LogP contribution in [0, 0.1) is 18.6 Å². The number of amides is 3. The summed E-state index contributed by atoms with van der Waals surface area (Å²) in [7, 11) is 1.35. The fourth-order valence-electron chi connectivity index (χ4n) is 3.25. The molecule has 0 spiro atoms. The van der Waals surface area contributed by atoms with Crippen LogP contribution in [0.25, 0.3) is 22.5 Å². The summed E-state index contributed by atoms with van der Waals surface area (Å²) in [6.45, 7) is 3.05. The molecular formula is C22H19F2N7O5. The normalized spacial score (nSPS) is 11.6. The topological polar surface area (TPSA) is 157 Å². The van der Waals surface area contributed by atoms with Gasteiger partial charge in [-0.1, -0.05) is 17.3 Å². The van der Waals surface area contributed by atoms with Gasteiger partial charge in [-0.3, -0.25) is 15.2 Å². The lowest BCUT2D eigenvalue weighted by molar-refractivity contribution is 0.0898. The molecule has 0 aliphatic rings. The van der Waals surface area contributed by atoms with Gasteiger partial charge >= 0.3 is 11.9 Å². The Kier molecular flexibility index (Phi) is 6.85. The van der Waals surface area contributed by atoms with E-state index in [1.165, 1.54) is 38.4 Å². The zero-order valence-corrected chi connectivity index (χ0v) is 19.1.